The van der Waals surface area contributed by atoms with Crippen molar-refractivity contribution >= 4 is 5.97 Å². The predicted octanol–water partition coefficient (Wildman–Crippen LogP) is 1.35. The van der Waals surface area contributed by atoms with Crippen molar-refractivity contribution in [2.24, 2.45) is 0 Å². The summed E-state index contributed by atoms with van der Waals surface area (Å²) in [6, 6.07) is 1.70. The normalized spacial score (nSPS) is 10.4. The smallest absolute Gasteiger partial charge is 0.303 e. The molecule has 0 aliphatic heterocycles. The molecule has 0 amide bonds. The molecule has 0 fully saturated rings. The van der Waals surface area contributed by atoms with Crippen LogP contribution in [0, 0.1) is 0 Å². The Hall–Kier alpha value is -2.11. The summed E-state index contributed by atoms with van der Waals surface area (Å²) in [6.45, 7) is 0. The number of rotatable bonds is 4. The van der Waals surface area contributed by atoms with Crippen LogP contribution < -0.4 is 0 Å². The summed E-state index contributed by atoms with van der Waals surface area (Å²) in [5.41, 5.74) is 0.709. The highest BCUT2D eigenvalue weighted by atomic mass is 16.5. The molecule has 2 aromatic heterocycles. The minimum Gasteiger partial charge on any atom is -0.481 e. The first-order chi connectivity index (χ1) is 7.25. The van der Waals surface area contributed by atoms with Gasteiger partial charge < -0.3 is 14.0 Å². The first-order valence-electron chi connectivity index (χ1n) is 4.32. The van der Waals surface area contributed by atoms with Gasteiger partial charge in [-0.3, -0.25) is 4.79 Å². The van der Waals surface area contributed by atoms with Gasteiger partial charge in [0.2, 0.25) is 11.7 Å². The van der Waals surface area contributed by atoms with Gasteiger partial charge in [0.05, 0.1) is 18.2 Å². The molecule has 0 aromatic carbocycles. The molecule has 0 unspecified atom stereocenters. The van der Waals surface area contributed by atoms with Gasteiger partial charge >= 0.3 is 5.97 Å². The molecule has 0 atom stereocenters. The lowest BCUT2D eigenvalue weighted by molar-refractivity contribution is -0.137. The Kier molecular flexibility index (Phi) is 2.49. The fraction of sp³-hybridized carbons (Fsp3) is 0.222. The number of hydrogen-bond acceptors (Lipinski definition) is 5. The van der Waals surface area contributed by atoms with Crippen LogP contribution in [0.25, 0.3) is 11.4 Å². The van der Waals surface area contributed by atoms with Crippen molar-refractivity contribution in [2.45, 2.75) is 12.8 Å². The fourth-order valence-electron chi connectivity index (χ4n) is 1.08. The number of furan rings is 1. The van der Waals surface area contributed by atoms with Gasteiger partial charge in [0, 0.05) is 6.42 Å². The number of carbonyl (C=O) groups is 1. The third-order valence-corrected chi connectivity index (χ3v) is 1.80. The second kappa shape index (κ2) is 3.95. The molecular weight excluding hydrogens is 200 g/mol. The molecule has 1 N–H and O–H groups in total. The van der Waals surface area contributed by atoms with Crippen molar-refractivity contribution in [3.05, 3.63) is 24.5 Å². The Labute approximate surface area is 84.5 Å². The monoisotopic (exact) mass is 208 g/mol. The average molecular weight is 208 g/mol. The number of carboxylic acids is 1. The summed E-state index contributed by atoms with van der Waals surface area (Å²) in [5.74, 6) is -0.171. The van der Waals surface area contributed by atoms with Crippen molar-refractivity contribution in [3.63, 3.8) is 0 Å². The third-order valence-electron chi connectivity index (χ3n) is 1.80. The van der Waals surface area contributed by atoms with Crippen molar-refractivity contribution < 1.29 is 18.8 Å². The van der Waals surface area contributed by atoms with E-state index in [1.807, 2.05) is 0 Å². The molecule has 78 valence electrons. The predicted molar refractivity (Wildman–Crippen MR) is 48.0 cm³/mol. The van der Waals surface area contributed by atoms with E-state index in [-0.39, 0.29) is 12.8 Å². The van der Waals surface area contributed by atoms with Crippen molar-refractivity contribution in [3.8, 4) is 11.4 Å². The zero-order valence-electron chi connectivity index (χ0n) is 7.71. The minimum atomic E-state index is -0.891. The highest BCUT2D eigenvalue weighted by Gasteiger charge is 2.10. The Morgan fingerprint density at radius 1 is 1.53 bits per heavy atom. The molecule has 2 heterocycles. The van der Waals surface area contributed by atoms with Gasteiger partial charge in [-0.15, -0.1) is 0 Å². The van der Waals surface area contributed by atoms with Crippen LogP contribution in [0.5, 0.6) is 0 Å². The van der Waals surface area contributed by atoms with Gasteiger partial charge in [-0.1, -0.05) is 5.16 Å². The second-order valence-corrected chi connectivity index (χ2v) is 2.92. The van der Waals surface area contributed by atoms with E-state index < -0.39 is 5.97 Å². The molecule has 0 aliphatic carbocycles. The zero-order chi connectivity index (χ0) is 10.7. The minimum absolute atomic E-state index is 0.0208. The van der Waals surface area contributed by atoms with E-state index in [2.05, 4.69) is 10.1 Å². The molecule has 2 rings (SSSR count). The van der Waals surface area contributed by atoms with Gasteiger partial charge in [0.15, 0.2) is 0 Å². The van der Waals surface area contributed by atoms with Crippen molar-refractivity contribution in [2.75, 3.05) is 0 Å². The summed E-state index contributed by atoms with van der Waals surface area (Å²) in [7, 11) is 0. The standard InChI is InChI=1S/C9H8N2O4/c12-8(13)2-1-7-10-9(11-15-7)6-3-4-14-5-6/h3-5H,1-2H2,(H,12,13). The van der Waals surface area contributed by atoms with Crippen LogP contribution in [-0.4, -0.2) is 21.2 Å². The maximum atomic E-state index is 10.3. The van der Waals surface area contributed by atoms with Gasteiger partial charge in [-0.2, -0.15) is 4.98 Å². The second-order valence-electron chi connectivity index (χ2n) is 2.92. The summed E-state index contributed by atoms with van der Waals surface area (Å²) in [4.78, 5) is 14.3. The topological polar surface area (TPSA) is 89.4 Å². The Bertz CT molecular complexity index is 446. The van der Waals surface area contributed by atoms with E-state index in [0.717, 1.165) is 0 Å². The third kappa shape index (κ3) is 2.22. The number of aliphatic carboxylic acids is 1. The lowest BCUT2D eigenvalue weighted by Crippen LogP contribution is -1.97. The molecular formula is C9H8N2O4. The van der Waals surface area contributed by atoms with E-state index in [9.17, 15) is 4.79 Å². The SMILES string of the molecule is O=C(O)CCc1nc(-c2ccoc2)no1. The quantitative estimate of drug-likeness (QED) is 0.815. The van der Waals surface area contributed by atoms with E-state index >= 15 is 0 Å². The Morgan fingerprint density at radius 2 is 2.40 bits per heavy atom. The van der Waals surface area contributed by atoms with Crippen LogP contribution in [0.4, 0.5) is 0 Å². The molecule has 15 heavy (non-hydrogen) atoms. The van der Waals surface area contributed by atoms with E-state index in [0.29, 0.717) is 17.3 Å². The molecule has 0 saturated carbocycles. The molecule has 0 aliphatic rings. The van der Waals surface area contributed by atoms with E-state index in [1.54, 1.807) is 6.07 Å². The lowest BCUT2D eigenvalue weighted by Gasteiger charge is -1.87. The van der Waals surface area contributed by atoms with E-state index in [4.69, 9.17) is 14.0 Å². The fourth-order valence-corrected chi connectivity index (χ4v) is 1.08. The van der Waals surface area contributed by atoms with E-state index in [1.165, 1.54) is 12.5 Å². The van der Waals surface area contributed by atoms with Gasteiger partial charge in [0.25, 0.3) is 0 Å². The molecule has 0 bridgehead atoms. The summed E-state index contributed by atoms with van der Waals surface area (Å²) >= 11 is 0. The van der Waals surface area contributed by atoms with Crippen LogP contribution in [0.2, 0.25) is 0 Å². The molecule has 0 spiro atoms. The molecule has 6 nitrogen and oxygen atoms in total. The van der Waals surface area contributed by atoms with Gasteiger partial charge in [-0.05, 0) is 6.07 Å². The summed E-state index contributed by atoms with van der Waals surface area (Å²) < 4.78 is 9.73. The zero-order valence-corrected chi connectivity index (χ0v) is 7.71. The first kappa shape index (κ1) is 9.45. The van der Waals surface area contributed by atoms with Crippen molar-refractivity contribution in [1.29, 1.82) is 0 Å². The molecule has 0 radical (unpaired) electrons. The van der Waals surface area contributed by atoms with Crippen LogP contribution in [0.1, 0.15) is 12.3 Å². The number of nitrogens with zero attached hydrogens (tertiary/aromatic N) is 2. The molecule has 2 aromatic rings. The Balaban J connectivity index is 2.08. The van der Waals surface area contributed by atoms with Gasteiger partial charge in [-0.25, -0.2) is 0 Å². The first-order valence-corrected chi connectivity index (χ1v) is 4.32. The van der Waals surface area contributed by atoms with Crippen LogP contribution in [0.3, 0.4) is 0 Å². The molecule has 0 saturated heterocycles. The van der Waals surface area contributed by atoms with Crippen molar-refractivity contribution in [1.82, 2.24) is 10.1 Å². The molecule has 6 heteroatoms. The number of hydrogen-bond donors (Lipinski definition) is 1. The highest BCUT2D eigenvalue weighted by Crippen LogP contribution is 2.16. The largest absolute Gasteiger partial charge is 0.481 e. The summed E-state index contributed by atoms with van der Waals surface area (Å²) in [5, 5.41) is 12.2. The highest BCUT2D eigenvalue weighted by molar-refractivity contribution is 5.66. The average Bonchev–Trinajstić information content (AvgIpc) is 2.85. The van der Waals surface area contributed by atoms with Crippen LogP contribution in [0.15, 0.2) is 27.5 Å². The Morgan fingerprint density at radius 3 is 3.07 bits per heavy atom. The lowest BCUT2D eigenvalue weighted by atomic mass is 10.3. The van der Waals surface area contributed by atoms with Gasteiger partial charge in [0.1, 0.15) is 6.26 Å². The van der Waals surface area contributed by atoms with Crippen LogP contribution in [-0.2, 0) is 11.2 Å². The summed E-state index contributed by atoms with van der Waals surface area (Å²) in [6.07, 6.45) is 3.21. The number of aryl methyl sites for hydroxylation is 1. The maximum Gasteiger partial charge on any atom is 0.303 e. The maximum absolute atomic E-state index is 10.3. The number of carboxylic acid groups (broad SMARTS) is 1. The number of aromatic nitrogens is 2. The van der Waals surface area contributed by atoms with Crippen LogP contribution >= 0.6 is 0 Å².